The van der Waals surface area contributed by atoms with Gasteiger partial charge in [-0.15, -0.1) is 0 Å². The minimum atomic E-state index is -0.320. The first-order chi connectivity index (χ1) is 14.5. The molecular weight excluding hydrogens is 380 g/mol. The van der Waals surface area contributed by atoms with E-state index in [1.54, 1.807) is 36.5 Å². The van der Waals surface area contributed by atoms with Crippen LogP contribution in [0.25, 0.3) is 5.82 Å². The van der Waals surface area contributed by atoms with Crippen molar-refractivity contribution in [3.8, 4) is 5.82 Å². The molecule has 2 amide bonds. The van der Waals surface area contributed by atoms with Crippen LogP contribution in [-0.4, -0.2) is 49.6 Å². The van der Waals surface area contributed by atoms with Crippen LogP contribution in [0.3, 0.4) is 0 Å². The lowest BCUT2D eigenvalue weighted by atomic mass is 9.91. The molecule has 0 radical (unpaired) electrons. The monoisotopic (exact) mass is 404 g/mol. The van der Waals surface area contributed by atoms with E-state index in [0.29, 0.717) is 34.5 Å². The number of rotatable bonds is 4. The largest absolute Gasteiger partial charge is 0.338 e. The second-order valence-electron chi connectivity index (χ2n) is 7.90. The molecule has 1 fully saturated rings. The number of carbonyl (C=O) groups is 2. The smallest absolute Gasteiger partial charge is 0.255 e. The Morgan fingerprint density at radius 3 is 2.60 bits per heavy atom. The quantitative estimate of drug-likeness (QED) is 0.721. The molecule has 2 aromatic heterocycles. The van der Waals surface area contributed by atoms with Gasteiger partial charge in [-0.1, -0.05) is 26.0 Å². The zero-order chi connectivity index (χ0) is 21.1. The van der Waals surface area contributed by atoms with E-state index >= 15 is 0 Å². The molecule has 1 aliphatic heterocycles. The molecular formula is C22H24N6O2. The van der Waals surface area contributed by atoms with Crippen molar-refractivity contribution >= 4 is 17.5 Å². The Morgan fingerprint density at radius 2 is 1.87 bits per heavy atom. The third kappa shape index (κ3) is 4.22. The summed E-state index contributed by atoms with van der Waals surface area (Å²) < 4.78 is 1.48. The van der Waals surface area contributed by atoms with Crippen molar-refractivity contribution in [3.05, 3.63) is 66.4 Å². The van der Waals surface area contributed by atoms with Crippen LogP contribution in [0.5, 0.6) is 0 Å². The van der Waals surface area contributed by atoms with Crippen molar-refractivity contribution < 1.29 is 9.59 Å². The number of carbonyl (C=O) groups excluding carboxylic acids is 2. The first-order valence-electron chi connectivity index (χ1n) is 10.0. The van der Waals surface area contributed by atoms with Gasteiger partial charge in [0.2, 0.25) is 0 Å². The molecule has 2 atom stereocenters. The summed E-state index contributed by atoms with van der Waals surface area (Å²) in [6, 6.07) is 10.4. The standard InChI is InChI=1S/C22H24N6O2/c1-15-9-16(2)12-27(11-15)22(30)18-5-3-4-6-19(18)26-21(29)17-7-8-24-20(10-17)28-14-23-13-25-28/h3-8,10,13-16H,9,11-12H2,1-2H3,(H,26,29). The van der Waals surface area contributed by atoms with E-state index in [2.05, 4.69) is 34.2 Å². The number of benzene rings is 1. The second kappa shape index (κ2) is 8.44. The molecule has 0 spiro atoms. The van der Waals surface area contributed by atoms with Gasteiger partial charge in [-0.2, -0.15) is 5.10 Å². The van der Waals surface area contributed by atoms with Crippen LogP contribution < -0.4 is 5.32 Å². The molecule has 1 saturated heterocycles. The molecule has 0 bridgehead atoms. The Hall–Kier alpha value is -3.55. The predicted octanol–water partition coefficient (Wildman–Crippen LogP) is 3.03. The first-order valence-corrected chi connectivity index (χ1v) is 10.0. The number of piperidine rings is 1. The van der Waals surface area contributed by atoms with E-state index in [4.69, 9.17) is 0 Å². The highest BCUT2D eigenvalue weighted by molar-refractivity contribution is 6.09. The highest BCUT2D eigenvalue weighted by Crippen LogP contribution is 2.25. The lowest BCUT2D eigenvalue weighted by Crippen LogP contribution is -2.42. The molecule has 3 heterocycles. The molecule has 1 aromatic carbocycles. The fourth-order valence-corrected chi connectivity index (χ4v) is 3.98. The van der Waals surface area contributed by atoms with E-state index in [1.165, 1.54) is 17.3 Å². The number of anilines is 1. The number of amides is 2. The Bertz CT molecular complexity index is 1040. The van der Waals surface area contributed by atoms with Crippen LogP contribution in [0.4, 0.5) is 5.69 Å². The topological polar surface area (TPSA) is 93.0 Å². The molecule has 8 nitrogen and oxygen atoms in total. The average Bonchev–Trinajstić information content (AvgIpc) is 3.28. The number of nitrogens with zero attached hydrogens (tertiary/aromatic N) is 5. The van der Waals surface area contributed by atoms with Crippen LogP contribution in [0, 0.1) is 11.8 Å². The van der Waals surface area contributed by atoms with Crippen LogP contribution in [0.2, 0.25) is 0 Å². The maximum atomic E-state index is 13.2. The fraction of sp³-hybridized carbons (Fsp3) is 0.318. The van der Waals surface area contributed by atoms with Gasteiger partial charge in [-0.3, -0.25) is 9.59 Å². The summed E-state index contributed by atoms with van der Waals surface area (Å²) >= 11 is 0. The Morgan fingerprint density at radius 1 is 1.10 bits per heavy atom. The number of likely N-dealkylation sites (tertiary alicyclic amines) is 1. The summed E-state index contributed by atoms with van der Waals surface area (Å²) in [7, 11) is 0. The van der Waals surface area contributed by atoms with Gasteiger partial charge in [0.15, 0.2) is 5.82 Å². The average molecular weight is 404 g/mol. The lowest BCUT2D eigenvalue weighted by Gasteiger charge is -2.35. The summed E-state index contributed by atoms with van der Waals surface area (Å²) in [6.45, 7) is 5.80. The van der Waals surface area contributed by atoms with Crippen molar-refractivity contribution in [2.24, 2.45) is 11.8 Å². The molecule has 8 heteroatoms. The number of nitrogens with one attached hydrogen (secondary N) is 1. The zero-order valence-electron chi connectivity index (χ0n) is 17.0. The Labute approximate surface area is 175 Å². The molecule has 30 heavy (non-hydrogen) atoms. The summed E-state index contributed by atoms with van der Waals surface area (Å²) in [6.07, 6.45) is 5.58. The van der Waals surface area contributed by atoms with E-state index in [1.807, 2.05) is 11.0 Å². The number of para-hydroxylation sites is 1. The summed E-state index contributed by atoms with van der Waals surface area (Å²) in [5.74, 6) is 1.04. The Balaban J connectivity index is 1.55. The number of hydrogen-bond donors (Lipinski definition) is 1. The van der Waals surface area contributed by atoms with Gasteiger partial charge < -0.3 is 10.2 Å². The van der Waals surface area contributed by atoms with Crippen molar-refractivity contribution in [3.63, 3.8) is 0 Å². The Kier molecular flexibility index (Phi) is 5.56. The van der Waals surface area contributed by atoms with Crippen molar-refractivity contribution in [1.29, 1.82) is 0 Å². The molecule has 4 rings (SSSR count). The minimum Gasteiger partial charge on any atom is -0.338 e. The van der Waals surface area contributed by atoms with Crippen molar-refractivity contribution in [1.82, 2.24) is 24.6 Å². The SMILES string of the molecule is CC1CC(C)CN(C(=O)c2ccccc2NC(=O)c2ccnc(-n3cncn3)c2)C1. The van der Waals surface area contributed by atoms with Crippen LogP contribution in [0.15, 0.2) is 55.2 Å². The van der Waals surface area contributed by atoms with E-state index in [9.17, 15) is 9.59 Å². The van der Waals surface area contributed by atoms with E-state index in [-0.39, 0.29) is 11.8 Å². The van der Waals surface area contributed by atoms with Gasteiger partial charge in [-0.25, -0.2) is 14.6 Å². The number of aromatic nitrogens is 4. The molecule has 0 aliphatic carbocycles. The van der Waals surface area contributed by atoms with Crippen LogP contribution >= 0.6 is 0 Å². The molecule has 2 unspecified atom stereocenters. The zero-order valence-corrected chi connectivity index (χ0v) is 17.0. The molecule has 1 aliphatic rings. The minimum absolute atomic E-state index is 0.0534. The normalized spacial score (nSPS) is 18.8. The molecule has 0 saturated carbocycles. The van der Waals surface area contributed by atoms with Gasteiger partial charge in [0.25, 0.3) is 11.8 Å². The van der Waals surface area contributed by atoms with E-state index in [0.717, 1.165) is 19.5 Å². The van der Waals surface area contributed by atoms with Gasteiger partial charge in [0, 0.05) is 24.8 Å². The maximum absolute atomic E-state index is 13.2. The third-order valence-electron chi connectivity index (χ3n) is 5.22. The van der Waals surface area contributed by atoms with Crippen LogP contribution in [0.1, 0.15) is 41.0 Å². The summed E-state index contributed by atoms with van der Waals surface area (Å²) in [5, 5.41) is 6.92. The third-order valence-corrected chi connectivity index (χ3v) is 5.22. The highest BCUT2D eigenvalue weighted by atomic mass is 16.2. The van der Waals surface area contributed by atoms with Gasteiger partial charge in [0.05, 0.1) is 11.3 Å². The highest BCUT2D eigenvalue weighted by Gasteiger charge is 2.27. The second-order valence-corrected chi connectivity index (χ2v) is 7.90. The van der Waals surface area contributed by atoms with E-state index < -0.39 is 0 Å². The van der Waals surface area contributed by atoms with Crippen LogP contribution in [-0.2, 0) is 0 Å². The number of pyridine rings is 1. The van der Waals surface area contributed by atoms with Crippen molar-refractivity contribution in [2.45, 2.75) is 20.3 Å². The summed E-state index contributed by atoms with van der Waals surface area (Å²) in [5.41, 5.74) is 1.41. The molecule has 1 N–H and O–H groups in total. The maximum Gasteiger partial charge on any atom is 0.255 e. The molecule has 154 valence electrons. The number of hydrogen-bond acceptors (Lipinski definition) is 5. The molecule has 3 aromatic rings. The van der Waals surface area contributed by atoms with Gasteiger partial charge in [-0.05, 0) is 42.5 Å². The summed E-state index contributed by atoms with van der Waals surface area (Å²) in [4.78, 5) is 36.1. The predicted molar refractivity (Wildman–Crippen MR) is 112 cm³/mol. The van der Waals surface area contributed by atoms with Gasteiger partial charge in [0.1, 0.15) is 12.7 Å². The van der Waals surface area contributed by atoms with Crippen molar-refractivity contribution in [2.75, 3.05) is 18.4 Å². The fourth-order valence-electron chi connectivity index (χ4n) is 3.98. The van der Waals surface area contributed by atoms with Gasteiger partial charge >= 0.3 is 0 Å². The first kappa shape index (κ1) is 19.8. The lowest BCUT2D eigenvalue weighted by molar-refractivity contribution is 0.0624.